The van der Waals surface area contributed by atoms with E-state index in [2.05, 4.69) is 9.36 Å². The predicted molar refractivity (Wildman–Crippen MR) is 113 cm³/mol. The van der Waals surface area contributed by atoms with Crippen LogP contribution in [-0.4, -0.2) is 13.9 Å². The molecule has 0 radical (unpaired) electrons. The molecule has 0 saturated heterocycles. The van der Waals surface area contributed by atoms with E-state index >= 15 is 4.39 Å². The number of benzene rings is 2. The molecule has 0 aliphatic heterocycles. The van der Waals surface area contributed by atoms with Gasteiger partial charge in [-0.2, -0.15) is 0 Å². The first-order chi connectivity index (χ1) is 14.1. The number of hydrogen-bond donors (Lipinski definition) is 1. The molecule has 5 aromatic rings. The summed E-state index contributed by atoms with van der Waals surface area (Å²) in [6.45, 7) is 0. The molecule has 6 rings (SSSR count). The average molecular weight is 403 g/mol. The number of fused-ring (bicyclic) bond motifs is 3. The van der Waals surface area contributed by atoms with Crippen LogP contribution in [0.25, 0.3) is 43.1 Å². The Morgan fingerprint density at radius 2 is 1.97 bits per heavy atom. The molecule has 1 saturated carbocycles. The summed E-state index contributed by atoms with van der Waals surface area (Å²) in [7, 11) is 0. The largest absolute Gasteiger partial charge is 0.328 e. The molecule has 7 heteroatoms. The second-order valence-corrected chi connectivity index (χ2v) is 8.20. The fourth-order valence-electron chi connectivity index (χ4n) is 3.99. The van der Waals surface area contributed by atoms with Crippen molar-refractivity contribution < 1.29 is 4.39 Å². The van der Waals surface area contributed by atoms with Gasteiger partial charge in [0.25, 0.3) is 5.56 Å². The van der Waals surface area contributed by atoms with E-state index in [9.17, 15) is 9.59 Å². The third-order valence-corrected chi connectivity index (χ3v) is 6.41. The molecule has 0 atom stereocenters. The molecule has 1 aliphatic rings. The van der Waals surface area contributed by atoms with Gasteiger partial charge in [0, 0.05) is 34.1 Å². The Morgan fingerprint density at radius 3 is 2.79 bits per heavy atom. The lowest BCUT2D eigenvalue weighted by atomic mass is 10.0. The van der Waals surface area contributed by atoms with Crippen LogP contribution in [0.1, 0.15) is 18.9 Å². The van der Waals surface area contributed by atoms with E-state index in [1.807, 2.05) is 34.9 Å². The van der Waals surface area contributed by atoms with Gasteiger partial charge in [-0.3, -0.25) is 18.9 Å². The zero-order valence-electron chi connectivity index (χ0n) is 15.1. The number of H-pyrrole nitrogens is 1. The third-order valence-electron chi connectivity index (χ3n) is 5.53. The molecule has 1 aliphatic carbocycles. The Hall–Kier alpha value is -3.32. The minimum Gasteiger partial charge on any atom is -0.328 e. The van der Waals surface area contributed by atoms with Crippen LogP contribution in [0.5, 0.6) is 0 Å². The Bertz CT molecular complexity index is 1580. The van der Waals surface area contributed by atoms with Crippen LogP contribution in [0.15, 0.2) is 58.3 Å². The summed E-state index contributed by atoms with van der Waals surface area (Å²) in [6.07, 6.45) is 3.60. The number of aromatic nitrogens is 3. The lowest BCUT2D eigenvalue weighted by Crippen LogP contribution is -2.15. The van der Waals surface area contributed by atoms with Gasteiger partial charge in [-0.25, -0.2) is 4.39 Å². The molecule has 2 aromatic carbocycles. The van der Waals surface area contributed by atoms with Crippen LogP contribution in [0.2, 0.25) is 0 Å². The van der Waals surface area contributed by atoms with Gasteiger partial charge in [0.15, 0.2) is 0 Å². The molecule has 0 unspecified atom stereocenters. The molecule has 3 heterocycles. The minimum atomic E-state index is -0.500. The van der Waals surface area contributed by atoms with Crippen molar-refractivity contribution >= 4 is 43.6 Å². The Morgan fingerprint density at radius 1 is 1.14 bits per heavy atom. The van der Waals surface area contributed by atoms with E-state index in [0.29, 0.717) is 21.5 Å². The molecule has 0 spiro atoms. The van der Waals surface area contributed by atoms with E-state index in [4.69, 9.17) is 0 Å². The van der Waals surface area contributed by atoms with Gasteiger partial charge < -0.3 is 4.57 Å². The molecule has 3 aromatic heterocycles. The SMILES string of the molecule is O=c1[nH]sc2c1c(=O)c1cc(F)c(-c3cnc4ccccc4c3)cc1n2C1CC1. The highest BCUT2D eigenvalue weighted by atomic mass is 32.1. The number of rotatable bonds is 2. The first-order valence-corrected chi connectivity index (χ1v) is 10.2. The molecular weight excluding hydrogens is 389 g/mol. The maximum absolute atomic E-state index is 15.1. The summed E-state index contributed by atoms with van der Waals surface area (Å²) >= 11 is 1.17. The highest BCUT2D eigenvalue weighted by Gasteiger charge is 2.29. The van der Waals surface area contributed by atoms with Crippen LogP contribution < -0.4 is 11.0 Å². The summed E-state index contributed by atoms with van der Waals surface area (Å²) in [6, 6.07) is 12.8. The van der Waals surface area contributed by atoms with E-state index in [0.717, 1.165) is 23.7 Å². The summed E-state index contributed by atoms with van der Waals surface area (Å²) in [5.41, 5.74) is 1.72. The highest BCUT2D eigenvalue weighted by molar-refractivity contribution is 7.12. The molecule has 0 bridgehead atoms. The molecule has 0 amide bonds. The zero-order valence-corrected chi connectivity index (χ0v) is 15.9. The van der Waals surface area contributed by atoms with E-state index in [1.54, 1.807) is 12.3 Å². The minimum absolute atomic E-state index is 0.119. The quantitative estimate of drug-likeness (QED) is 0.469. The smallest absolute Gasteiger partial charge is 0.271 e. The lowest BCUT2D eigenvalue weighted by molar-refractivity contribution is 0.632. The summed E-state index contributed by atoms with van der Waals surface area (Å²) in [5.74, 6) is -0.500. The van der Waals surface area contributed by atoms with Crippen molar-refractivity contribution in [2.45, 2.75) is 18.9 Å². The molecular formula is C22H14FN3O2S. The maximum Gasteiger partial charge on any atom is 0.271 e. The van der Waals surface area contributed by atoms with Crippen molar-refractivity contribution in [3.63, 3.8) is 0 Å². The average Bonchev–Trinajstić information content (AvgIpc) is 3.50. The van der Waals surface area contributed by atoms with Crippen LogP contribution >= 0.6 is 11.5 Å². The standard InChI is InChI=1S/C22H14FN3O2S/c23-16-8-15-18(9-14(16)12-7-11-3-1-2-4-17(11)24-10-12)26(13-5-6-13)22-19(20(15)27)21(28)25-29-22/h1-4,7-10,13H,5-6H2,(H,25,28). The van der Waals surface area contributed by atoms with Crippen molar-refractivity contribution in [2.24, 2.45) is 0 Å². The van der Waals surface area contributed by atoms with Crippen molar-refractivity contribution in [3.05, 3.63) is 75.1 Å². The van der Waals surface area contributed by atoms with Crippen molar-refractivity contribution in [2.75, 3.05) is 0 Å². The number of aromatic amines is 1. The van der Waals surface area contributed by atoms with Gasteiger partial charge in [-0.15, -0.1) is 0 Å². The van der Waals surface area contributed by atoms with E-state index in [1.165, 1.54) is 17.6 Å². The Kier molecular flexibility index (Phi) is 3.35. The maximum atomic E-state index is 15.1. The molecule has 29 heavy (non-hydrogen) atoms. The monoisotopic (exact) mass is 403 g/mol. The summed E-state index contributed by atoms with van der Waals surface area (Å²) in [5, 5.41) is 1.28. The fourth-order valence-corrected chi connectivity index (χ4v) is 4.91. The first kappa shape index (κ1) is 16.6. The van der Waals surface area contributed by atoms with E-state index in [-0.39, 0.29) is 16.8 Å². The number of halogens is 1. The molecule has 1 N–H and O–H groups in total. The predicted octanol–water partition coefficient (Wildman–Crippen LogP) is 4.59. The van der Waals surface area contributed by atoms with Crippen LogP contribution in [0.4, 0.5) is 4.39 Å². The number of nitrogens with zero attached hydrogens (tertiary/aromatic N) is 2. The second kappa shape index (κ2) is 5.84. The van der Waals surface area contributed by atoms with Gasteiger partial charge in [-0.1, -0.05) is 18.2 Å². The number of nitrogens with one attached hydrogen (secondary N) is 1. The molecule has 5 nitrogen and oxygen atoms in total. The van der Waals surface area contributed by atoms with Crippen LogP contribution in [-0.2, 0) is 0 Å². The van der Waals surface area contributed by atoms with Gasteiger partial charge in [0.1, 0.15) is 16.0 Å². The number of pyridine rings is 2. The second-order valence-electron chi connectivity index (χ2n) is 7.41. The molecule has 1 fully saturated rings. The van der Waals surface area contributed by atoms with E-state index < -0.39 is 16.8 Å². The van der Waals surface area contributed by atoms with Crippen molar-refractivity contribution in [1.82, 2.24) is 13.9 Å². The normalized spacial score (nSPS) is 14.2. The topological polar surface area (TPSA) is 67.8 Å². The third kappa shape index (κ3) is 2.40. The van der Waals surface area contributed by atoms with Gasteiger partial charge in [-0.05, 0) is 48.6 Å². The Balaban J connectivity index is 1.71. The number of hydrogen-bond acceptors (Lipinski definition) is 4. The molecule has 142 valence electrons. The van der Waals surface area contributed by atoms with Crippen LogP contribution in [0, 0.1) is 5.82 Å². The zero-order chi connectivity index (χ0) is 19.7. The number of para-hydroxylation sites is 1. The fraction of sp³-hybridized carbons (Fsp3) is 0.136. The highest BCUT2D eigenvalue weighted by Crippen LogP contribution is 2.40. The lowest BCUT2D eigenvalue weighted by Gasteiger charge is -2.13. The van der Waals surface area contributed by atoms with Gasteiger partial charge >= 0.3 is 0 Å². The first-order valence-electron chi connectivity index (χ1n) is 9.36. The Labute approximate surface area is 167 Å². The van der Waals surface area contributed by atoms with Gasteiger partial charge in [0.05, 0.1) is 11.0 Å². The van der Waals surface area contributed by atoms with Crippen LogP contribution in [0.3, 0.4) is 0 Å². The van der Waals surface area contributed by atoms with Crippen molar-refractivity contribution in [3.8, 4) is 11.1 Å². The summed E-state index contributed by atoms with van der Waals surface area (Å²) in [4.78, 5) is 30.2. The van der Waals surface area contributed by atoms with Gasteiger partial charge in [0.2, 0.25) is 5.43 Å². The van der Waals surface area contributed by atoms with Crippen molar-refractivity contribution in [1.29, 1.82) is 0 Å². The summed E-state index contributed by atoms with van der Waals surface area (Å²) < 4.78 is 19.8.